The number of rotatable bonds is 9. The van der Waals surface area contributed by atoms with E-state index in [-0.39, 0.29) is 11.8 Å². The Kier molecular flexibility index (Phi) is 7.16. The molecule has 6 nitrogen and oxygen atoms in total. The minimum Gasteiger partial charge on any atom is -0.497 e. The van der Waals surface area contributed by atoms with E-state index in [0.29, 0.717) is 19.0 Å². The van der Waals surface area contributed by atoms with Crippen molar-refractivity contribution in [3.05, 3.63) is 72.3 Å². The molecule has 1 atom stereocenters. The van der Waals surface area contributed by atoms with Crippen LogP contribution >= 0.6 is 0 Å². The number of carbonyl (C=O) groups is 1. The van der Waals surface area contributed by atoms with E-state index in [1.54, 1.807) is 13.2 Å². The number of hydrogen-bond donors (Lipinski definition) is 1. The molecule has 3 rings (SSSR count). The number of hydrogen-bond acceptors (Lipinski definition) is 5. The molecule has 0 saturated carbocycles. The second-order valence-electron chi connectivity index (χ2n) is 6.50. The minimum atomic E-state index is -0.153. The summed E-state index contributed by atoms with van der Waals surface area (Å²) in [5, 5.41) is 11.2. The standard InChI is InChI=1S/C23H25N3O3/c1-3-20(17-7-5-4-6-8-17)23(27)24-15-16-29-22-14-13-21(25-26-22)18-9-11-19(28-2)12-10-18/h4-14,20H,3,15-16H2,1-2H3,(H,24,27)/t20-/m1/s1. The van der Waals surface area contributed by atoms with Crippen molar-refractivity contribution in [1.82, 2.24) is 15.5 Å². The zero-order valence-electron chi connectivity index (χ0n) is 16.7. The smallest absolute Gasteiger partial charge is 0.233 e. The van der Waals surface area contributed by atoms with E-state index in [9.17, 15) is 4.79 Å². The van der Waals surface area contributed by atoms with Crippen molar-refractivity contribution in [2.75, 3.05) is 20.3 Å². The fourth-order valence-electron chi connectivity index (χ4n) is 3.02. The molecule has 0 aliphatic rings. The summed E-state index contributed by atoms with van der Waals surface area (Å²) in [4.78, 5) is 12.4. The fourth-order valence-corrected chi connectivity index (χ4v) is 3.02. The van der Waals surface area contributed by atoms with Crippen LogP contribution in [0.3, 0.4) is 0 Å². The average Bonchev–Trinajstić information content (AvgIpc) is 2.78. The van der Waals surface area contributed by atoms with Gasteiger partial charge in [0.05, 0.1) is 25.3 Å². The van der Waals surface area contributed by atoms with Gasteiger partial charge in [-0.3, -0.25) is 4.79 Å². The van der Waals surface area contributed by atoms with E-state index in [1.165, 1.54) is 0 Å². The third kappa shape index (κ3) is 5.54. The van der Waals surface area contributed by atoms with Gasteiger partial charge in [-0.05, 0) is 42.3 Å². The quantitative estimate of drug-likeness (QED) is 0.561. The Morgan fingerprint density at radius 2 is 1.76 bits per heavy atom. The molecule has 0 bridgehead atoms. The molecule has 0 aliphatic carbocycles. The van der Waals surface area contributed by atoms with Crippen molar-refractivity contribution in [2.24, 2.45) is 0 Å². The van der Waals surface area contributed by atoms with E-state index in [1.807, 2.05) is 67.6 Å². The monoisotopic (exact) mass is 391 g/mol. The lowest BCUT2D eigenvalue weighted by Gasteiger charge is -2.15. The maximum absolute atomic E-state index is 12.4. The molecule has 0 saturated heterocycles. The fraction of sp³-hybridized carbons (Fsp3) is 0.261. The van der Waals surface area contributed by atoms with Gasteiger partial charge in [0.25, 0.3) is 0 Å². The topological polar surface area (TPSA) is 73.3 Å². The van der Waals surface area contributed by atoms with Gasteiger partial charge >= 0.3 is 0 Å². The van der Waals surface area contributed by atoms with Crippen LogP contribution in [0.25, 0.3) is 11.3 Å². The number of amides is 1. The molecular formula is C23H25N3O3. The number of methoxy groups -OCH3 is 1. The van der Waals surface area contributed by atoms with Crippen molar-refractivity contribution in [2.45, 2.75) is 19.3 Å². The summed E-state index contributed by atoms with van der Waals surface area (Å²) in [6, 6.07) is 21.0. The molecule has 1 heterocycles. The number of benzene rings is 2. The van der Waals surface area contributed by atoms with Gasteiger partial charge in [-0.1, -0.05) is 37.3 Å². The van der Waals surface area contributed by atoms with Crippen LogP contribution in [0.5, 0.6) is 11.6 Å². The Hall–Kier alpha value is -3.41. The molecule has 0 unspecified atom stereocenters. The molecule has 1 amide bonds. The summed E-state index contributed by atoms with van der Waals surface area (Å²) >= 11 is 0. The highest BCUT2D eigenvalue weighted by Crippen LogP contribution is 2.21. The summed E-state index contributed by atoms with van der Waals surface area (Å²) in [6.45, 7) is 2.74. The van der Waals surface area contributed by atoms with Crippen molar-refractivity contribution in [3.63, 3.8) is 0 Å². The van der Waals surface area contributed by atoms with Crippen LogP contribution < -0.4 is 14.8 Å². The first-order chi connectivity index (χ1) is 14.2. The zero-order chi connectivity index (χ0) is 20.5. The maximum atomic E-state index is 12.4. The Morgan fingerprint density at radius 3 is 2.38 bits per heavy atom. The second-order valence-corrected chi connectivity index (χ2v) is 6.50. The first-order valence-corrected chi connectivity index (χ1v) is 9.65. The Balaban J connectivity index is 1.47. The molecule has 1 N–H and O–H groups in total. The first-order valence-electron chi connectivity index (χ1n) is 9.65. The van der Waals surface area contributed by atoms with Crippen LogP contribution in [0.4, 0.5) is 0 Å². The third-order valence-corrected chi connectivity index (χ3v) is 4.60. The summed E-state index contributed by atoms with van der Waals surface area (Å²) in [7, 11) is 1.63. The predicted molar refractivity (Wildman–Crippen MR) is 112 cm³/mol. The van der Waals surface area contributed by atoms with Crippen LogP contribution in [-0.4, -0.2) is 36.4 Å². The Bertz CT molecular complexity index is 897. The van der Waals surface area contributed by atoms with Crippen LogP contribution in [0, 0.1) is 0 Å². The van der Waals surface area contributed by atoms with Crippen LogP contribution in [0.15, 0.2) is 66.7 Å². The summed E-state index contributed by atoms with van der Waals surface area (Å²) < 4.78 is 10.8. The summed E-state index contributed by atoms with van der Waals surface area (Å²) in [5.41, 5.74) is 2.72. The highest BCUT2D eigenvalue weighted by Gasteiger charge is 2.17. The zero-order valence-corrected chi connectivity index (χ0v) is 16.7. The SMILES string of the molecule is CC[C@@H](C(=O)NCCOc1ccc(-c2ccc(OC)cc2)nn1)c1ccccc1. The third-order valence-electron chi connectivity index (χ3n) is 4.60. The normalized spacial score (nSPS) is 11.5. The lowest BCUT2D eigenvalue weighted by atomic mass is 9.96. The summed E-state index contributed by atoms with van der Waals surface area (Å²) in [5.74, 6) is 1.07. The summed E-state index contributed by atoms with van der Waals surface area (Å²) in [6.07, 6.45) is 0.745. The van der Waals surface area contributed by atoms with Gasteiger partial charge in [-0.2, -0.15) is 0 Å². The van der Waals surface area contributed by atoms with Crippen molar-refractivity contribution < 1.29 is 14.3 Å². The molecule has 6 heteroatoms. The van der Waals surface area contributed by atoms with Gasteiger partial charge in [0.15, 0.2) is 0 Å². The molecule has 150 valence electrons. The predicted octanol–water partition coefficient (Wildman–Crippen LogP) is 3.84. The van der Waals surface area contributed by atoms with Gasteiger partial charge in [-0.15, -0.1) is 10.2 Å². The van der Waals surface area contributed by atoms with Crippen LogP contribution in [-0.2, 0) is 4.79 Å². The van der Waals surface area contributed by atoms with Gasteiger partial charge in [-0.25, -0.2) is 0 Å². The average molecular weight is 391 g/mol. The molecule has 0 spiro atoms. The number of nitrogens with zero attached hydrogens (tertiary/aromatic N) is 2. The molecular weight excluding hydrogens is 366 g/mol. The molecule has 0 aliphatic heterocycles. The first kappa shape index (κ1) is 20.3. The van der Waals surface area contributed by atoms with Crippen LogP contribution in [0.1, 0.15) is 24.8 Å². The second kappa shape index (κ2) is 10.2. The molecule has 3 aromatic rings. The highest BCUT2D eigenvalue weighted by molar-refractivity contribution is 5.83. The van der Waals surface area contributed by atoms with E-state index in [0.717, 1.165) is 29.0 Å². The maximum Gasteiger partial charge on any atom is 0.233 e. The number of ether oxygens (including phenoxy) is 2. The van der Waals surface area contributed by atoms with Crippen LogP contribution in [0.2, 0.25) is 0 Å². The van der Waals surface area contributed by atoms with Crippen molar-refractivity contribution >= 4 is 5.91 Å². The number of nitrogens with one attached hydrogen (secondary N) is 1. The Morgan fingerprint density at radius 1 is 1.00 bits per heavy atom. The van der Waals surface area contributed by atoms with Crippen molar-refractivity contribution in [1.29, 1.82) is 0 Å². The van der Waals surface area contributed by atoms with Gasteiger partial charge in [0.2, 0.25) is 11.8 Å². The lowest BCUT2D eigenvalue weighted by molar-refractivity contribution is -0.122. The van der Waals surface area contributed by atoms with Gasteiger partial charge in [0.1, 0.15) is 12.4 Å². The van der Waals surface area contributed by atoms with E-state index in [2.05, 4.69) is 15.5 Å². The number of carbonyl (C=O) groups excluding carboxylic acids is 1. The van der Waals surface area contributed by atoms with E-state index >= 15 is 0 Å². The molecule has 29 heavy (non-hydrogen) atoms. The van der Waals surface area contributed by atoms with Crippen molar-refractivity contribution in [3.8, 4) is 22.9 Å². The molecule has 0 radical (unpaired) electrons. The molecule has 1 aromatic heterocycles. The molecule has 2 aromatic carbocycles. The number of aromatic nitrogens is 2. The Labute approximate surface area is 170 Å². The largest absolute Gasteiger partial charge is 0.497 e. The lowest BCUT2D eigenvalue weighted by Crippen LogP contribution is -2.32. The van der Waals surface area contributed by atoms with E-state index in [4.69, 9.17) is 9.47 Å². The molecule has 0 fully saturated rings. The minimum absolute atomic E-state index is 0.00300. The highest BCUT2D eigenvalue weighted by atomic mass is 16.5. The van der Waals surface area contributed by atoms with Gasteiger partial charge in [0, 0.05) is 11.6 Å². The van der Waals surface area contributed by atoms with E-state index < -0.39 is 0 Å². The van der Waals surface area contributed by atoms with Gasteiger partial charge < -0.3 is 14.8 Å².